The Morgan fingerprint density at radius 1 is 1.18 bits per heavy atom. The van der Waals surface area contributed by atoms with Crippen LogP contribution in [0, 0.1) is 0 Å². The molecule has 84 valence electrons. The number of hydrogen-bond acceptors (Lipinski definition) is 5. The minimum absolute atomic E-state index is 0.0132. The number of phenolic OH excluding ortho intramolecular Hbond substituents is 1. The summed E-state index contributed by atoms with van der Waals surface area (Å²) in [6.07, 6.45) is 1.42. The predicted octanol–water partition coefficient (Wildman–Crippen LogP) is 2.15. The molecule has 0 amide bonds. The summed E-state index contributed by atoms with van der Waals surface area (Å²) in [4.78, 5) is 11.0. The molecule has 0 aliphatic carbocycles. The summed E-state index contributed by atoms with van der Waals surface area (Å²) in [7, 11) is 0. The Balaban J connectivity index is 2.31. The van der Waals surface area contributed by atoms with E-state index in [4.69, 9.17) is 8.94 Å². The molecule has 0 unspecified atom stereocenters. The van der Waals surface area contributed by atoms with Gasteiger partial charge in [0.05, 0.1) is 0 Å². The van der Waals surface area contributed by atoms with Gasteiger partial charge in [0.1, 0.15) is 23.3 Å². The number of nitrogens with zero attached hydrogens (tertiary/aromatic N) is 1. The van der Waals surface area contributed by atoms with Crippen LogP contribution in [0.3, 0.4) is 0 Å². The molecule has 1 N–H and O–H groups in total. The van der Waals surface area contributed by atoms with Crippen molar-refractivity contribution in [2.75, 3.05) is 0 Å². The SMILES string of the molecule is O=c1ccc2cc(-c3ccon3)c(O)cc2o1. The summed E-state index contributed by atoms with van der Waals surface area (Å²) in [5, 5.41) is 14.3. The van der Waals surface area contributed by atoms with Gasteiger partial charge in [-0.3, -0.25) is 0 Å². The van der Waals surface area contributed by atoms with Crippen LogP contribution < -0.4 is 5.63 Å². The summed E-state index contributed by atoms with van der Waals surface area (Å²) in [6.45, 7) is 0. The number of fused-ring (bicyclic) bond motifs is 1. The van der Waals surface area contributed by atoms with E-state index in [-0.39, 0.29) is 5.75 Å². The van der Waals surface area contributed by atoms with E-state index in [0.29, 0.717) is 22.2 Å². The van der Waals surface area contributed by atoms with Gasteiger partial charge in [-0.1, -0.05) is 5.16 Å². The monoisotopic (exact) mass is 229 g/mol. The number of hydrogen-bond donors (Lipinski definition) is 1. The van der Waals surface area contributed by atoms with E-state index >= 15 is 0 Å². The van der Waals surface area contributed by atoms with E-state index in [2.05, 4.69) is 5.16 Å². The van der Waals surface area contributed by atoms with Gasteiger partial charge in [0, 0.05) is 29.1 Å². The Hall–Kier alpha value is -2.56. The molecule has 5 nitrogen and oxygen atoms in total. The van der Waals surface area contributed by atoms with Crippen LogP contribution in [0.25, 0.3) is 22.2 Å². The number of aromatic hydroxyl groups is 1. The first-order valence-corrected chi connectivity index (χ1v) is 4.92. The smallest absolute Gasteiger partial charge is 0.336 e. The maximum Gasteiger partial charge on any atom is 0.336 e. The fraction of sp³-hybridized carbons (Fsp3) is 0. The molecular weight excluding hydrogens is 222 g/mol. The predicted molar refractivity (Wildman–Crippen MR) is 59.6 cm³/mol. The minimum atomic E-state index is -0.453. The van der Waals surface area contributed by atoms with Gasteiger partial charge >= 0.3 is 5.63 Å². The van der Waals surface area contributed by atoms with Crippen LogP contribution in [0.4, 0.5) is 0 Å². The second kappa shape index (κ2) is 3.48. The van der Waals surface area contributed by atoms with Gasteiger partial charge in [-0.15, -0.1) is 0 Å². The van der Waals surface area contributed by atoms with E-state index in [1.807, 2.05) is 0 Å². The number of phenols is 1. The van der Waals surface area contributed by atoms with Gasteiger partial charge in [-0.25, -0.2) is 4.79 Å². The van der Waals surface area contributed by atoms with Gasteiger partial charge in [0.15, 0.2) is 0 Å². The molecule has 0 spiro atoms. The van der Waals surface area contributed by atoms with Crippen LogP contribution in [0.5, 0.6) is 5.75 Å². The third kappa shape index (κ3) is 1.57. The summed E-state index contributed by atoms with van der Waals surface area (Å²) >= 11 is 0. The highest BCUT2D eigenvalue weighted by atomic mass is 16.5. The Kier molecular flexibility index (Phi) is 1.98. The Labute approximate surface area is 94.9 Å². The maximum atomic E-state index is 11.0. The lowest BCUT2D eigenvalue weighted by Gasteiger charge is -2.02. The molecule has 3 aromatic rings. The average molecular weight is 229 g/mol. The Morgan fingerprint density at radius 3 is 2.82 bits per heavy atom. The van der Waals surface area contributed by atoms with Gasteiger partial charge in [-0.2, -0.15) is 0 Å². The van der Waals surface area contributed by atoms with Crippen LogP contribution in [0.1, 0.15) is 0 Å². The minimum Gasteiger partial charge on any atom is -0.507 e. The molecule has 0 saturated carbocycles. The quantitative estimate of drug-likeness (QED) is 0.647. The van der Waals surface area contributed by atoms with Crippen LogP contribution in [0.15, 0.2) is 50.3 Å². The second-order valence-corrected chi connectivity index (χ2v) is 3.55. The van der Waals surface area contributed by atoms with Crippen molar-refractivity contribution in [2.45, 2.75) is 0 Å². The van der Waals surface area contributed by atoms with Gasteiger partial charge < -0.3 is 14.0 Å². The Bertz CT molecular complexity index is 728. The molecule has 2 aromatic heterocycles. The zero-order valence-corrected chi connectivity index (χ0v) is 8.58. The van der Waals surface area contributed by atoms with Crippen molar-refractivity contribution in [1.29, 1.82) is 0 Å². The van der Waals surface area contributed by atoms with E-state index < -0.39 is 5.63 Å². The molecule has 1 aromatic carbocycles. The fourth-order valence-corrected chi connectivity index (χ4v) is 1.66. The summed E-state index contributed by atoms with van der Waals surface area (Å²) < 4.78 is 9.68. The van der Waals surface area contributed by atoms with Crippen molar-refractivity contribution in [2.24, 2.45) is 0 Å². The molecule has 0 aliphatic rings. The largest absolute Gasteiger partial charge is 0.507 e. The fourth-order valence-electron chi connectivity index (χ4n) is 1.66. The zero-order chi connectivity index (χ0) is 11.8. The normalized spacial score (nSPS) is 10.8. The molecule has 0 atom stereocenters. The second-order valence-electron chi connectivity index (χ2n) is 3.55. The molecule has 0 fully saturated rings. The number of rotatable bonds is 1. The molecule has 5 heteroatoms. The van der Waals surface area contributed by atoms with Crippen LogP contribution in [0.2, 0.25) is 0 Å². The lowest BCUT2D eigenvalue weighted by atomic mass is 10.1. The van der Waals surface area contributed by atoms with Gasteiger partial charge in [0.2, 0.25) is 0 Å². The van der Waals surface area contributed by atoms with Gasteiger partial charge in [-0.05, 0) is 12.1 Å². The lowest BCUT2D eigenvalue weighted by Crippen LogP contribution is -1.94. The molecule has 0 radical (unpaired) electrons. The topological polar surface area (TPSA) is 76.5 Å². The number of benzene rings is 1. The van der Waals surface area contributed by atoms with Crippen molar-refractivity contribution in [3.05, 3.63) is 47.0 Å². The average Bonchev–Trinajstić information content (AvgIpc) is 2.81. The molecule has 3 rings (SSSR count). The molecule has 2 heterocycles. The molecule has 0 bridgehead atoms. The first-order chi connectivity index (χ1) is 8.24. The molecule has 0 aliphatic heterocycles. The highest BCUT2D eigenvalue weighted by molar-refractivity contribution is 5.85. The highest BCUT2D eigenvalue weighted by Gasteiger charge is 2.10. The molecule has 0 saturated heterocycles. The van der Waals surface area contributed by atoms with Crippen molar-refractivity contribution < 1.29 is 14.0 Å². The van der Waals surface area contributed by atoms with Crippen LogP contribution in [-0.4, -0.2) is 10.3 Å². The summed E-state index contributed by atoms with van der Waals surface area (Å²) in [5.74, 6) is -0.0132. The maximum absolute atomic E-state index is 11.0. The standard InChI is InChI=1S/C12H7NO4/c14-10-6-11-7(1-2-12(15)17-11)5-8(10)9-3-4-16-13-9/h1-6,14H. The number of aromatic nitrogens is 1. The first-order valence-electron chi connectivity index (χ1n) is 4.92. The van der Waals surface area contributed by atoms with Crippen LogP contribution >= 0.6 is 0 Å². The van der Waals surface area contributed by atoms with Crippen molar-refractivity contribution in [1.82, 2.24) is 5.16 Å². The van der Waals surface area contributed by atoms with Crippen LogP contribution in [-0.2, 0) is 0 Å². The molecular formula is C12H7NO4. The zero-order valence-electron chi connectivity index (χ0n) is 8.58. The van der Waals surface area contributed by atoms with Crippen molar-refractivity contribution in [3.8, 4) is 17.0 Å². The first kappa shape index (κ1) is 9.65. The lowest BCUT2D eigenvalue weighted by molar-refractivity contribution is 0.421. The van der Waals surface area contributed by atoms with Crippen molar-refractivity contribution >= 4 is 11.0 Å². The van der Waals surface area contributed by atoms with E-state index in [1.165, 1.54) is 18.4 Å². The van der Waals surface area contributed by atoms with Gasteiger partial charge in [0.25, 0.3) is 0 Å². The van der Waals surface area contributed by atoms with E-state index in [0.717, 1.165) is 0 Å². The van der Waals surface area contributed by atoms with E-state index in [9.17, 15) is 9.90 Å². The van der Waals surface area contributed by atoms with Crippen molar-refractivity contribution in [3.63, 3.8) is 0 Å². The molecule has 17 heavy (non-hydrogen) atoms. The third-order valence-corrected chi connectivity index (χ3v) is 2.45. The Morgan fingerprint density at radius 2 is 2.06 bits per heavy atom. The summed E-state index contributed by atoms with van der Waals surface area (Å²) in [6, 6.07) is 7.67. The summed E-state index contributed by atoms with van der Waals surface area (Å²) in [5.41, 5.74) is 0.934. The third-order valence-electron chi connectivity index (χ3n) is 2.45. The van der Waals surface area contributed by atoms with E-state index in [1.54, 1.807) is 18.2 Å². The highest BCUT2D eigenvalue weighted by Crippen LogP contribution is 2.31.